The number of methoxy groups -OCH3 is 1. The van der Waals surface area contributed by atoms with Crippen molar-refractivity contribution in [3.63, 3.8) is 0 Å². The summed E-state index contributed by atoms with van der Waals surface area (Å²) < 4.78 is 38.7. The number of hydrogen-bond donors (Lipinski definition) is 0. The van der Waals surface area contributed by atoms with Crippen molar-refractivity contribution in [2.75, 3.05) is 18.5 Å². The van der Waals surface area contributed by atoms with E-state index in [9.17, 15) is 8.42 Å². The molecule has 9 heteroatoms. The molecule has 2 aromatic carbocycles. The number of rotatable bonds is 6. The molecule has 0 saturated heterocycles. The first-order valence-corrected chi connectivity index (χ1v) is 10.9. The van der Waals surface area contributed by atoms with Crippen molar-refractivity contribution in [3.8, 4) is 17.4 Å². The summed E-state index contributed by atoms with van der Waals surface area (Å²) in [5.74, 6) is 1.62. The Morgan fingerprint density at radius 3 is 2.31 bits per heavy atom. The molecule has 0 atom stereocenters. The highest BCUT2D eigenvalue weighted by Gasteiger charge is 2.21. The normalized spacial score (nSPS) is 11.4. The van der Waals surface area contributed by atoms with Crippen molar-refractivity contribution in [2.24, 2.45) is 0 Å². The van der Waals surface area contributed by atoms with Gasteiger partial charge >= 0.3 is 0 Å². The minimum Gasteiger partial charge on any atom is -0.497 e. The maximum absolute atomic E-state index is 12.9. The molecule has 148 valence electrons. The Morgan fingerprint density at radius 1 is 0.931 bits per heavy atom. The monoisotopic (exact) mass is 427 g/mol. The maximum Gasteiger partial charge on any atom is 0.264 e. The van der Waals surface area contributed by atoms with Gasteiger partial charge in [0.2, 0.25) is 5.88 Å². The second-order valence-electron chi connectivity index (χ2n) is 6.06. The topological polar surface area (TPSA) is 81.6 Å². The molecule has 0 aliphatic carbocycles. The SMILES string of the molecule is COc1ccc(S(=O)(=O)N(C)c2ccc(Oc3ncnc4ccsc34)cc2)cc1. The van der Waals surface area contributed by atoms with Gasteiger partial charge in [-0.2, -0.15) is 0 Å². The minimum absolute atomic E-state index is 0.183. The number of ether oxygens (including phenoxy) is 2. The Hall–Kier alpha value is -3.17. The average Bonchev–Trinajstić information content (AvgIpc) is 3.24. The molecule has 0 N–H and O–H groups in total. The number of hydrogen-bond acceptors (Lipinski definition) is 7. The number of thiophene rings is 1. The summed E-state index contributed by atoms with van der Waals surface area (Å²) in [5, 5.41) is 1.92. The first-order chi connectivity index (χ1) is 14.0. The first kappa shape index (κ1) is 19.2. The number of fused-ring (bicyclic) bond motifs is 1. The van der Waals surface area contributed by atoms with Crippen LogP contribution in [0.2, 0.25) is 0 Å². The van der Waals surface area contributed by atoms with Gasteiger partial charge in [0.1, 0.15) is 22.5 Å². The zero-order valence-corrected chi connectivity index (χ0v) is 17.3. The van der Waals surface area contributed by atoms with Crippen molar-refractivity contribution < 1.29 is 17.9 Å². The third-order valence-corrected chi connectivity index (χ3v) is 7.03. The summed E-state index contributed by atoms with van der Waals surface area (Å²) >= 11 is 1.50. The number of sulfonamides is 1. The molecular weight excluding hydrogens is 410 g/mol. The van der Waals surface area contributed by atoms with Crippen molar-refractivity contribution >= 4 is 37.3 Å². The van der Waals surface area contributed by atoms with Crippen LogP contribution in [0, 0.1) is 0 Å². The summed E-state index contributed by atoms with van der Waals surface area (Å²) in [5.41, 5.74) is 1.33. The van der Waals surface area contributed by atoms with Crippen LogP contribution in [-0.4, -0.2) is 32.5 Å². The second-order valence-corrected chi connectivity index (χ2v) is 8.94. The van der Waals surface area contributed by atoms with Crippen LogP contribution in [0.4, 0.5) is 5.69 Å². The fourth-order valence-electron chi connectivity index (χ4n) is 2.72. The lowest BCUT2D eigenvalue weighted by molar-refractivity contribution is 0.414. The Kier molecular flexibility index (Phi) is 5.08. The van der Waals surface area contributed by atoms with Gasteiger partial charge in [-0.05, 0) is 60.0 Å². The van der Waals surface area contributed by atoms with Gasteiger partial charge in [-0.3, -0.25) is 4.31 Å². The van der Waals surface area contributed by atoms with E-state index in [0.717, 1.165) is 10.2 Å². The van der Waals surface area contributed by atoms with Crippen molar-refractivity contribution in [2.45, 2.75) is 4.90 Å². The van der Waals surface area contributed by atoms with Crippen molar-refractivity contribution in [3.05, 3.63) is 66.3 Å². The standard InChI is InChI=1S/C20H17N3O4S2/c1-23(29(24,25)17-9-7-15(26-2)8-10-17)14-3-5-16(6-4-14)27-20-19-18(11-12-28-19)21-13-22-20/h3-13H,1-2H3. The average molecular weight is 428 g/mol. The van der Waals surface area contributed by atoms with E-state index in [-0.39, 0.29) is 4.90 Å². The van der Waals surface area contributed by atoms with Gasteiger partial charge in [-0.15, -0.1) is 11.3 Å². The lowest BCUT2D eigenvalue weighted by Gasteiger charge is -2.20. The van der Waals surface area contributed by atoms with Crippen LogP contribution in [0.3, 0.4) is 0 Å². The summed E-state index contributed by atoms with van der Waals surface area (Å²) in [6.45, 7) is 0. The van der Waals surface area contributed by atoms with Crippen LogP contribution in [0.1, 0.15) is 0 Å². The zero-order valence-electron chi connectivity index (χ0n) is 15.6. The summed E-state index contributed by atoms with van der Waals surface area (Å²) in [6.07, 6.45) is 1.45. The Balaban J connectivity index is 1.55. The third-order valence-electron chi connectivity index (χ3n) is 4.34. The number of aromatic nitrogens is 2. The molecule has 0 aliphatic rings. The predicted octanol–water partition coefficient (Wildman–Crippen LogP) is 4.32. The third kappa shape index (κ3) is 3.74. The van der Waals surface area contributed by atoms with Gasteiger partial charge in [0.25, 0.3) is 10.0 Å². The number of anilines is 1. The van der Waals surface area contributed by atoms with E-state index in [0.29, 0.717) is 23.1 Å². The van der Waals surface area contributed by atoms with Crippen LogP contribution >= 0.6 is 11.3 Å². The molecule has 7 nitrogen and oxygen atoms in total. The van der Waals surface area contributed by atoms with E-state index < -0.39 is 10.0 Å². The van der Waals surface area contributed by atoms with Gasteiger partial charge in [0, 0.05) is 7.05 Å². The quantitative estimate of drug-likeness (QED) is 0.456. The summed E-state index contributed by atoms with van der Waals surface area (Å²) in [4.78, 5) is 8.55. The Morgan fingerprint density at radius 2 is 1.62 bits per heavy atom. The molecule has 0 amide bonds. The fourth-order valence-corrected chi connectivity index (χ4v) is 4.68. The summed E-state index contributed by atoms with van der Waals surface area (Å²) in [7, 11) is -0.651. The molecule has 0 spiro atoms. The van der Waals surface area contributed by atoms with E-state index >= 15 is 0 Å². The Labute approximate surface area is 172 Å². The van der Waals surface area contributed by atoms with Crippen LogP contribution < -0.4 is 13.8 Å². The van der Waals surface area contributed by atoms with Crippen LogP contribution in [0.25, 0.3) is 10.2 Å². The van der Waals surface area contributed by atoms with Gasteiger partial charge in [-0.25, -0.2) is 18.4 Å². The lowest BCUT2D eigenvalue weighted by Crippen LogP contribution is -2.26. The van der Waals surface area contributed by atoms with Crippen LogP contribution in [0.15, 0.2) is 71.2 Å². The first-order valence-electron chi connectivity index (χ1n) is 8.58. The molecule has 0 bridgehead atoms. The lowest BCUT2D eigenvalue weighted by atomic mass is 10.3. The van der Waals surface area contributed by atoms with Crippen LogP contribution in [-0.2, 0) is 10.0 Å². The molecule has 2 aromatic heterocycles. The second kappa shape index (κ2) is 7.69. The van der Waals surface area contributed by atoms with E-state index in [1.807, 2.05) is 11.4 Å². The van der Waals surface area contributed by atoms with Gasteiger partial charge < -0.3 is 9.47 Å². The molecule has 0 aliphatic heterocycles. The van der Waals surface area contributed by atoms with E-state index in [2.05, 4.69) is 9.97 Å². The van der Waals surface area contributed by atoms with E-state index in [4.69, 9.17) is 9.47 Å². The molecule has 2 heterocycles. The highest BCUT2D eigenvalue weighted by atomic mass is 32.2. The zero-order chi connectivity index (χ0) is 20.4. The number of nitrogens with zero attached hydrogens (tertiary/aromatic N) is 3. The van der Waals surface area contributed by atoms with E-state index in [1.54, 1.807) is 36.4 Å². The molecule has 29 heavy (non-hydrogen) atoms. The van der Waals surface area contributed by atoms with Crippen molar-refractivity contribution in [1.29, 1.82) is 0 Å². The maximum atomic E-state index is 12.9. The number of benzene rings is 2. The largest absolute Gasteiger partial charge is 0.497 e. The summed E-state index contributed by atoms with van der Waals surface area (Å²) in [6, 6.07) is 14.9. The van der Waals surface area contributed by atoms with Gasteiger partial charge in [0.05, 0.1) is 23.2 Å². The Bertz CT molecular complexity index is 1240. The smallest absolute Gasteiger partial charge is 0.264 e. The minimum atomic E-state index is -3.69. The van der Waals surface area contributed by atoms with Gasteiger partial charge in [0.15, 0.2) is 0 Å². The van der Waals surface area contributed by atoms with Crippen LogP contribution in [0.5, 0.6) is 17.4 Å². The molecule has 0 saturated carbocycles. The molecule has 4 rings (SSSR count). The molecule has 0 fully saturated rings. The highest BCUT2D eigenvalue weighted by molar-refractivity contribution is 7.92. The van der Waals surface area contributed by atoms with Gasteiger partial charge in [-0.1, -0.05) is 0 Å². The van der Waals surface area contributed by atoms with Crippen molar-refractivity contribution in [1.82, 2.24) is 9.97 Å². The fraction of sp³-hybridized carbons (Fsp3) is 0.100. The molecule has 0 unspecified atom stereocenters. The molecule has 4 aromatic rings. The highest BCUT2D eigenvalue weighted by Crippen LogP contribution is 2.32. The predicted molar refractivity (Wildman–Crippen MR) is 113 cm³/mol. The molecular formula is C20H17N3O4S2. The van der Waals surface area contributed by atoms with E-state index in [1.165, 1.54) is 48.3 Å². The molecule has 0 radical (unpaired) electrons.